The Morgan fingerprint density at radius 2 is 2.14 bits per heavy atom. The van der Waals surface area contributed by atoms with Crippen molar-refractivity contribution < 1.29 is 14.3 Å². The van der Waals surface area contributed by atoms with Crippen molar-refractivity contribution in [2.75, 3.05) is 29.9 Å². The summed E-state index contributed by atoms with van der Waals surface area (Å²) in [5.74, 6) is 2.28. The van der Waals surface area contributed by atoms with E-state index >= 15 is 0 Å². The largest absolute Gasteiger partial charge is 0.356 e. The zero-order valence-corrected chi connectivity index (χ0v) is 16.8. The van der Waals surface area contributed by atoms with Gasteiger partial charge in [0.1, 0.15) is 17.5 Å². The molecule has 1 N–H and O–H groups in total. The number of aldehydes is 1. The molecule has 1 atom stereocenters. The molecule has 4 heterocycles. The second-order valence-corrected chi connectivity index (χ2v) is 8.15. The Morgan fingerprint density at radius 1 is 1.29 bits per heavy atom. The molecular weight excluding hydrogens is 378 g/mol. The summed E-state index contributed by atoms with van der Waals surface area (Å²) in [7, 11) is 0. The number of rotatable bonds is 6. The van der Waals surface area contributed by atoms with E-state index in [9.17, 15) is 4.79 Å². The Balaban J connectivity index is 1.36. The molecule has 2 fully saturated rings. The summed E-state index contributed by atoms with van der Waals surface area (Å²) in [4.78, 5) is 26.9. The lowest BCUT2D eigenvalue weighted by Crippen LogP contribution is -2.40. The number of nitrogens with one attached hydrogen (secondary N) is 1. The van der Waals surface area contributed by atoms with Gasteiger partial charge in [-0.1, -0.05) is 11.3 Å². The summed E-state index contributed by atoms with van der Waals surface area (Å²) in [5.41, 5.74) is 0. The van der Waals surface area contributed by atoms with Crippen molar-refractivity contribution in [3.8, 4) is 0 Å². The summed E-state index contributed by atoms with van der Waals surface area (Å²) >= 11 is 1.30. The second kappa shape index (κ2) is 8.93. The van der Waals surface area contributed by atoms with E-state index in [1.165, 1.54) is 17.8 Å². The smallest absolute Gasteiger partial charge is 0.188 e. The highest BCUT2D eigenvalue weighted by Crippen LogP contribution is 2.26. The summed E-state index contributed by atoms with van der Waals surface area (Å²) in [6, 6.07) is 1.93. The van der Waals surface area contributed by atoms with Crippen LogP contribution in [0.1, 0.15) is 47.6 Å². The molecule has 2 aromatic rings. The number of ether oxygens (including phenoxy) is 2. The molecule has 1 unspecified atom stereocenters. The molecule has 0 aliphatic carbocycles. The number of thiazole rings is 1. The van der Waals surface area contributed by atoms with Gasteiger partial charge in [0.05, 0.1) is 17.2 Å². The Kier molecular flexibility index (Phi) is 6.13. The monoisotopic (exact) mass is 403 g/mol. The molecule has 150 valence electrons. The Labute approximate surface area is 168 Å². The maximum absolute atomic E-state index is 10.8. The molecule has 0 bridgehead atoms. The summed E-state index contributed by atoms with van der Waals surface area (Å²) in [5, 5.41) is 3.82. The van der Waals surface area contributed by atoms with E-state index in [1.807, 2.05) is 13.0 Å². The first-order chi connectivity index (χ1) is 13.7. The van der Waals surface area contributed by atoms with Gasteiger partial charge in [0.15, 0.2) is 17.7 Å². The van der Waals surface area contributed by atoms with Gasteiger partial charge in [-0.25, -0.2) is 15.0 Å². The summed E-state index contributed by atoms with van der Waals surface area (Å²) in [6.07, 6.45) is 7.81. The molecular formula is C19H25N5O3S. The predicted molar refractivity (Wildman–Crippen MR) is 107 cm³/mol. The molecule has 2 aliphatic heterocycles. The molecule has 4 rings (SSSR count). The molecule has 9 heteroatoms. The maximum Gasteiger partial charge on any atom is 0.188 e. The van der Waals surface area contributed by atoms with Crippen LogP contribution in [0.15, 0.2) is 12.3 Å². The quantitative estimate of drug-likeness (QED) is 0.735. The van der Waals surface area contributed by atoms with Crippen LogP contribution in [-0.4, -0.2) is 53.3 Å². The second-order valence-electron chi connectivity index (χ2n) is 7.09. The zero-order valence-electron chi connectivity index (χ0n) is 16.0. The summed E-state index contributed by atoms with van der Waals surface area (Å²) < 4.78 is 11.8. The minimum absolute atomic E-state index is 0.0306. The minimum Gasteiger partial charge on any atom is -0.356 e. The lowest BCUT2D eigenvalue weighted by atomic mass is 10.1. The number of hydrogen-bond acceptors (Lipinski definition) is 9. The van der Waals surface area contributed by atoms with Crippen LogP contribution in [0.25, 0.3) is 0 Å². The zero-order chi connectivity index (χ0) is 19.3. The van der Waals surface area contributed by atoms with Crippen LogP contribution in [0.2, 0.25) is 0 Å². The Hall–Kier alpha value is -2.10. The van der Waals surface area contributed by atoms with Gasteiger partial charge in [0, 0.05) is 25.8 Å². The standard InChI is InChI=1S/C19H25N5O3S/c1-13-21-16(23-19-20-11-15(12-25)28-19)10-17(22-13)24-7-5-14(6-8-24)27-18-4-2-3-9-26-18/h10-12,14,18H,2-9H2,1H3,(H,20,21,22,23). The highest BCUT2D eigenvalue weighted by atomic mass is 32.1. The molecule has 2 aromatic heterocycles. The topological polar surface area (TPSA) is 89.5 Å². The molecule has 0 radical (unpaired) electrons. The van der Waals surface area contributed by atoms with Crippen molar-refractivity contribution in [1.29, 1.82) is 0 Å². The highest BCUT2D eigenvalue weighted by molar-refractivity contribution is 7.17. The molecule has 0 amide bonds. The number of carbonyl (C=O) groups excluding carboxylic acids is 1. The van der Waals surface area contributed by atoms with E-state index in [-0.39, 0.29) is 12.4 Å². The van der Waals surface area contributed by atoms with E-state index in [0.29, 0.717) is 21.7 Å². The van der Waals surface area contributed by atoms with Gasteiger partial charge >= 0.3 is 0 Å². The van der Waals surface area contributed by atoms with Crippen LogP contribution in [0.4, 0.5) is 16.8 Å². The maximum atomic E-state index is 10.8. The Bertz CT molecular complexity index is 801. The van der Waals surface area contributed by atoms with Crippen molar-refractivity contribution >= 4 is 34.4 Å². The number of aromatic nitrogens is 3. The van der Waals surface area contributed by atoms with Crippen LogP contribution in [0.3, 0.4) is 0 Å². The van der Waals surface area contributed by atoms with Gasteiger partial charge in [-0.15, -0.1) is 0 Å². The van der Waals surface area contributed by atoms with E-state index in [2.05, 4.69) is 25.2 Å². The third-order valence-corrected chi connectivity index (χ3v) is 5.79. The van der Waals surface area contributed by atoms with Gasteiger partial charge in [0.25, 0.3) is 0 Å². The van der Waals surface area contributed by atoms with Gasteiger partial charge in [-0.2, -0.15) is 0 Å². The van der Waals surface area contributed by atoms with Crippen LogP contribution in [0, 0.1) is 6.92 Å². The number of carbonyl (C=O) groups is 1. The van der Waals surface area contributed by atoms with Gasteiger partial charge in [0.2, 0.25) is 0 Å². The van der Waals surface area contributed by atoms with E-state index in [4.69, 9.17) is 9.47 Å². The van der Waals surface area contributed by atoms with Crippen LogP contribution in [-0.2, 0) is 9.47 Å². The van der Waals surface area contributed by atoms with Crippen LogP contribution < -0.4 is 10.2 Å². The van der Waals surface area contributed by atoms with Gasteiger partial charge < -0.3 is 19.7 Å². The summed E-state index contributed by atoms with van der Waals surface area (Å²) in [6.45, 7) is 4.47. The number of hydrogen-bond donors (Lipinski definition) is 1. The predicted octanol–water partition coefficient (Wildman–Crippen LogP) is 3.31. The molecule has 2 aliphatic rings. The van der Waals surface area contributed by atoms with E-state index in [1.54, 1.807) is 6.20 Å². The number of anilines is 3. The lowest BCUT2D eigenvalue weighted by molar-refractivity contribution is -0.191. The molecule has 8 nitrogen and oxygen atoms in total. The van der Waals surface area contributed by atoms with Crippen LogP contribution >= 0.6 is 11.3 Å². The lowest BCUT2D eigenvalue weighted by Gasteiger charge is -2.35. The molecule has 28 heavy (non-hydrogen) atoms. The number of aryl methyl sites for hydroxylation is 1. The first kappa shape index (κ1) is 19.2. The SMILES string of the molecule is Cc1nc(Nc2ncc(C=O)s2)cc(N2CCC(OC3CCCCO3)CC2)n1. The van der Waals surface area contributed by atoms with Crippen molar-refractivity contribution in [2.45, 2.75) is 51.4 Å². The average Bonchev–Trinajstić information content (AvgIpc) is 3.16. The molecule has 0 spiro atoms. The van der Waals surface area contributed by atoms with Crippen molar-refractivity contribution in [1.82, 2.24) is 15.0 Å². The van der Waals surface area contributed by atoms with Crippen molar-refractivity contribution in [2.24, 2.45) is 0 Å². The highest BCUT2D eigenvalue weighted by Gasteiger charge is 2.25. The molecule has 0 aromatic carbocycles. The Morgan fingerprint density at radius 3 is 2.86 bits per heavy atom. The third-order valence-electron chi connectivity index (χ3n) is 4.95. The van der Waals surface area contributed by atoms with Gasteiger partial charge in [-0.3, -0.25) is 4.79 Å². The molecule has 0 saturated carbocycles. The fraction of sp³-hybridized carbons (Fsp3) is 0.579. The third kappa shape index (κ3) is 4.84. The number of piperidine rings is 1. The van der Waals surface area contributed by atoms with Crippen molar-refractivity contribution in [3.63, 3.8) is 0 Å². The first-order valence-electron chi connectivity index (χ1n) is 9.75. The normalized spacial score (nSPS) is 20.9. The van der Waals surface area contributed by atoms with E-state index in [0.717, 1.165) is 57.5 Å². The van der Waals surface area contributed by atoms with Crippen molar-refractivity contribution in [3.05, 3.63) is 23.0 Å². The van der Waals surface area contributed by atoms with E-state index < -0.39 is 0 Å². The fourth-order valence-corrected chi connectivity index (χ4v) is 4.18. The fourth-order valence-electron chi connectivity index (χ4n) is 3.54. The average molecular weight is 404 g/mol. The molecule has 2 saturated heterocycles. The first-order valence-corrected chi connectivity index (χ1v) is 10.6. The van der Waals surface area contributed by atoms with Crippen LogP contribution in [0.5, 0.6) is 0 Å². The minimum atomic E-state index is -0.0306. The van der Waals surface area contributed by atoms with Gasteiger partial charge in [-0.05, 0) is 39.0 Å². The number of nitrogens with zero attached hydrogens (tertiary/aromatic N) is 4.